The molecule has 1 heterocycles. The van der Waals surface area contributed by atoms with Crippen LogP contribution in [0.5, 0.6) is 0 Å². The van der Waals surface area contributed by atoms with Crippen molar-refractivity contribution in [2.75, 3.05) is 11.9 Å². The molecule has 1 amide bonds. The third kappa shape index (κ3) is 7.11. The maximum absolute atomic E-state index is 12.6. The molecular formula is C21H33Cl2N7O. The van der Waals surface area contributed by atoms with Crippen molar-refractivity contribution in [1.82, 2.24) is 15.3 Å². The lowest BCUT2D eigenvalue weighted by Crippen LogP contribution is -2.38. The first-order valence-electron chi connectivity index (χ1n) is 10.3. The van der Waals surface area contributed by atoms with E-state index in [4.69, 9.17) is 11.5 Å². The van der Waals surface area contributed by atoms with Gasteiger partial charge in [0.1, 0.15) is 5.82 Å². The Morgan fingerprint density at radius 3 is 2.58 bits per heavy atom. The molecule has 1 fully saturated rings. The maximum atomic E-state index is 12.6. The Morgan fingerprint density at radius 1 is 1.19 bits per heavy atom. The number of hydrogen-bond donors (Lipinski definition) is 4. The van der Waals surface area contributed by atoms with E-state index in [9.17, 15) is 4.79 Å². The van der Waals surface area contributed by atoms with Crippen molar-refractivity contribution in [3.63, 3.8) is 0 Å². The highest BCUT2D eigenvalue weighted by molar-refractivity contribution is 5.96. The summed E-state index contributed by atoms with van der Waals surface area (Å²) in [6, 6.07) is 5.98. The number of aryl methyl sites for hydroxylation is 1. The van der Waals surface area contributed by atoms with E-state index in [1.54, 1.807) is 0 Å². The van der Waals surface area contributed by atoms with Crippen molar-refractivity contribution in [3.05, 3.63) is 29.6 Å². The Labute approximate surface area is 195 Å². The minimum Gasteiger partial charge on any atom is -0.370 e. The van der Waals surface area contributed by atoms with Gasteiger partial charge in [0, 0.05) is 11.9 Å². The topological polar surface area (TPSA) is 131 Å². The molecule has 8 nitrogen and oxygen atoms in total. The molecule has 0 aliphatic heterocycles. The van der Waals surface area contributed by atoms with E-state index in [1.165, 1.54) is 0 Å². The molecule has 1 aromatic carbocycles. The summed E-state index contributed by atoms with van der Waals surface area (Å²) in [6.45, 7) is 6.69. The predicted molar refractivity (Wildman–Crippen MR) is 131 cm³/mol. The van der Waals surface area contributed by atoms with E-state index < -0.39 is 0 Å². The lowest BCUT2D eigenvalue weighted by Gasteiger charge is -2.30. The number of hydrogen-bond acceptors (Lipinski definition) is 5. The SMILES string of the molecule is Cc1ccc2nc(C(=O)NCC(C)C)nc(N[C@H]3CCCC[C@H]3N=C(N)N)c2c1.Cl.Cl. The molecule has 2 atom stereocenters. The smallest absolute Gasteiger partial charge is 0.289 e. The van der Waals surface area contributed by atoms with Crippen LogP contribution in [0.2, 0.25) is 0 Å². The van der Waals surface area contributed by atoms with E-state index in [1.807, 2.05) is 39.0 Å². The number of guanidine groups is 1. The summed E-state index contributed by atoms with van der Waals surface area (Å²) in [6.07, 6.45) is 4.04. The number of nitrogens with one attached hydrogen (secondary N) is 2. The van der Waals surface area contributed by atoms with Crippen LogP contribution >= 0.6 is 24.8 Å². The van der Waals surface area contributed by atoms with Gasteiger partial charge in [-0.2, -0.15) is 0 Å². The fourth-order valence-electron chi connectivity index (χ4n) is 3.63. The molecule has 0 bridgehead atoms. The van der Waals surface area contributed by atoms with E-state index in [-0.39, 0.29) is 54.6 Å². The molecule has 31 heavy (non-hydrogen) atoms. The number of amides is 1. The standard InChI is InChI=1S/C21H31N7O.2ClH/c1-12(2)11-24-20(29)19-25-15-9-8-13(3)10-14(15)18(28-19)26-16-6-4-5-7-17(16)27-21(22)23;;/h8-10,12,16-17H,4-7,11H2,1-3H3,(H,24,29)(H4,22,23,27)(H,25,26,28);2*1H/t16-,17+;;/m0../s1. The molecule has 0 radical (unpaired) electrons. The Bertz CT molecular complexity index is 916. The number of carbonyl (C=O) groups is 1. The van der Waals surface area contributed by atoms with Gasteiger partial charge in [0.15, 0.2) is 5.96 Å². The fourth-order valence-corrected chi connectivity index (χ4v) is 3.63. The summed E-state index contributed by atoms with van der Waals surface area (Å²) in [5.41, 5.74) is 13.1. The Morgan fingerprint density at radius 2 is 1.90 bits per heavy atom. The largest absolute Gasteiger partial charge is 0.370 e. The van der Waals surface area contributed by atoms with Crippen molar-refractivity contribution in [2.45, 2.75) is 58.5 Å². The average molecular weight is 470 g/mol. The monoisotopic (exact) mass is 469 g/mol. The lowest BCUT2D eigenvalue weighted by atomic mass is 9.90. The number of rotatable bonds is 6. The second kappa shape index (κ2) is 11.9. The zero-order chi connectivity index (χ0) is 21.0. The van der Waals surface area contributed by atoms with Gasteiger partial charge in [0.25, 0.3) is 5.91 Å². The average Bonchev–Trinajstić information content (AvgIpc) is 2.67. The summed E-state index contributed by atoms with van der Waals surface area (Å²) < 4.78 is 0. The molecule has 0 saturated heterocycles. The molecule has 2 aromatic rings. The molecule has 3 rings (SSSR count). The van der Waals surface area contributed by atoms with Crippen LogP contribution in [0.4, 0.5) is 5.82 Å². The molecule has 1 aliphatic rings. The summed E-state index contributed by atoms with van der Waals surface area (Å²) in [5, 5.41) is 7.30. The highest BCUT2D eigenvalue weighted by Crippen LogP contribution is 2.28. The van der Waals surface area contributed by atoms with Crippen molar-refractivity contribution in [3.8, 4) is 0 Å². The normalized spacial score (nSPS) is 17.9. The van der Waals surface area contributed by atoms with Gasteiger partial charge in [-0.3, -0.25) is 4.79 Å². The van der Waals surface area contributed by atoms with Crippen LogP contribution < -0.4 is 22.1 Å². The van der Waals surface area contributed by atoms with Crippen LogP contribution in [0.1, 0.15) is 55.7 Å². The molecular weight excluding hydrogens is 437 g/mol. The minimum absolute atomic E-state index is 0. The number of nitrogens with two attached hydrogens (primary N) is 2. The van der Waals surface area contributed by atoms with Gasteiger partial charge >= 0.3 is 0 Å². The number of halogens is 2. The van der Waals surface area contributed by atoms with Gasteiger partial charge < -0.3 is 22.1 Å². The molecule has 172 valence electrons. The van der Waals surface area contributed by atoms with Crippen molar-refractivity contribution >= 4 is 53.4 Å². The maximum Gasteiger partial charge on any atom is 0.289 e. The van der Waals surface area contributed by atoms with E-state index in [0.29, 0.717) is 18.3 Å². The van der Waals surface area contributed by atoms with Crippen LogP contribution in [0, 0.1) is 12.8 Å². The minimum atomic E-state index is -0.270. The molecule has 1 saturated carbocycles. The molecule has 10 heteroatoms. The second-order valence-electron chi connectivity index (χ2n) is 8.18. The molecule has 6 N–H and O–H groups in total. The third-order valence-electron chi connectivity index (χ3n) is 5.09. The van der Waals surface area contributed by atoms with E-state index in [2.05, 4.69) is 25.6 Å². The first kappa shape index (κ1) is 26.7. The third-order valence-corrected chi connectivity index (χ3v) is 5.09. The Balaban J connectivity index is 0.00000240. The Hall–Kier alpha value is -2.32. The first-order valence-corrected chi connectivity index (χ1v) is 10.3. The van der Waals surface area contributed by atoms with Crippen molar-refractivity contribution in [1.29, 1.82) is 0 Å². The van der Waals surface area contributed by atoms with Crippen molar-refractivity contribution in [2.24, 2.45) is 22.4 Å². The summed E-state index contributed by atoms with van der Waals surface area (Å²) in [5.74, 6) is 0.992. The fraction of sp³-hybridized carbons (Fsp3) is 0.524. The van der Waals surface area contributed by atoms with Crippen LogP contribution in [-0.4, -0.2) is 40.5 Å². The highest BCUT2D eigenvalue weighted by Gasteiger charge is 2.26. The number of nitrogens with zero attached hydrogens (tertiary/aromatic N) is 3. The summed E-state index contributed by atoms with van der Waals surface area (Å²) in [7, 11) is 0. The zero-order valence-corrected chi connectivity index (χ0v) is 19.9. The Kier molecular flexibility index (Phi) is 10.3. The molecule has 1 aromatic heterocycles. The number of carbonyl (C=O) groups excluding carboxylic acids is 1. The van der Waals surface area contributed by atoms with Gasteiger partial charge in [0.2, 0.25) is 5.82 Å². The van der Waals surface area contributed by atoms with Crippen LogP contribution in [0.15, 0.2) is 23.2 Å². The number of aliphatic imine (C=N–C) groups is 1. The number of anilines is 1. The first-order chi connectivity index (χ1) is 13.8. The molecule has 0 spiro atoms. The van der Waals surface area contributed by atoms with Gasteiger partial charge in [0.05, 0.1) is 17.6 Å². The van der Waals surface area contributed by atoms with Gasteiger partial charge in [-0.05, 0) is 37.8 Å². The zero-order valence-electron chi connectivity index (χ0n) is 18.2. The van der Waals surface area contributed by atoms with Crippen LogP contribution in [0.3, 0.4) is 0 Å². The van der Waals surface area contributed by atoms with Gasteiger partial charge in [-0.25, -0.2) is 15.0 Å². The predicted octanol–water partition coefficient (Wildman–Crippen LogP) is 3.16. The van der Waals surface area contributed by atoms with Crippen LogP contribution in [0.25, 0.3) is 10.9 Å². The lowest BCUT2D eigenvalue weighted by molar-refractivity contribution is 0.0939. The van der Waals surface area contributed by atoms with E-state index in [0.717, 1.165) is 42.1 Å². The number of benzene rings is 1. The second-order valence-corrected chi connectivity index (χ2v) is 8.18. The molecule has 0 unspecified atom stereocenters. The number of fused-ring (bicyclic) bond motifs is 1. The number of aromatic nitrogens is 2. The van der Waals surface area contributed by atoms with Crippen LogP contribution in [-0.2, 0) is 0 Å². The highest BCUT2D eigenvalue weighted by atomic mass is 35.5. The van der Waals surface area contributed by atoms with Gasteiger partial charge in [-0.1, -0.05) is 38.3 Å². The van der Waals surface area contributed by atoms with E-state index >= 15 is 0 Å². The summed E-state index contributed by atoms with van der Waals surface area (Å²) in [4.78, 5) is 26.1. The van der Waals surface area contributed by atoms with Gasteiger partial charge in [-0.15, -0.1) is 24.8 Å². The van der Waals surface area contributed by atoms with Crippen molar-refractivity contribution < 1.29 is 4.79 Å². The molecule has 1 aliphatic carbocycles. The quantitative estimate of drug-likeness (QED) is 0.379. The summed E-state index contributed by atoms with van der Waals surface area (Å²) >= 11 is 0.